The van der Waals surface area contributed by atoms with Gasteiger partial charge in [-0.25, -0.2) is 0 Å². The molecular weight excluding hydrogens is 390 g/mol. The molecule has 2 aliphatic rings. The molecule has 1 atom stereocenters. The number of aromatic nitrogens is 1. The molecule has 0 radical (unpaired) electrons. The van der Waals surface area contributed by atoms with Crippen LogP contribution in [0.15, 0.2) is 35.6 Å². The zero-order chi connectivity index (χ0) is 22.7. The number of allylic oxidation sites excluding steroid dienone is 2. The van der Waals surface area contributed by atoms with Gasteiger partial charge in [-0.1, -0.05) is 45.9 Å². The number of aliphatic hydroxyl groups excluding tert-OH is 1. The first-order chi connectivity index (χ1) is 14.4. The SMILES string of the molecule is Cc1[nH]c2ccccc2c1C(C1=C(O)CC(C)(C)CC1=O)C1C(=O)CC(C)(C)CC1=O. The number of hydrogen-bond acceptors (Lipinski definition) is 4. The normalized spacial score (nSPS) is 22.9. The van der Waals surface area contributed by atoms with Gasteiger partial charge in [0.25, 0.3) is 0 Å². The third kappa shape index (κ3) is 3.75. The monoisotopic (exact) mass is 421 g/mol. The van der Waals surface area contributed by atoms with Crippen LogP contribution in [0.3, 0.4) is 0 Å². The molecule has 164 valence electrons. The van der Waals surface area contributed by atoms with Crippen molar-refractivity contribution in [3.8, 4) is 0 Å². The molecular formula is C26H31NO4. The van der Waals surface area contributed by atoms with Crippen LogP contribution in [-0.2, 0) is 14.4 Å². The van der Waals surface area contributed by atoms with Crippen LogP contribution in [0, 0.1) is 23.7 Å². The van der Waals surface area contributed by atoms with Gasteiger partial charge in [0, 0.05) is 53.8 Å². The summed E-state index contributed by atoms with van der Waals surface area (Å²) in [5.74, 6) is -2.16. The number of aryl methyl sites for hydroxylation is 1. The van der Waals surface area contributed by atoms with E-state index in [4.69, 9.17) is 0 Å². The number of nitrogens with one attached hydrogen (secondary N) is 1. The van der Waals surface area contributed by atoms with E-state index in [2.05, 4.69) is 4.98 Å². The van der Waals surface area contributed by atoms with Crippen molar-refractivity contribution in [3.05, 3.63) is 46.9 Å². The first-order valence-corrected chi connectivity index (χ1v) is 11.0. The van der Waals surface area contributed by atoms with Crippen LogP contribution in [0.4, 0.5) is 0 Å². The largest absolute Gasteiger partial charge is 0.512 e. The molecule has 2 N–H and O–H groups in total. The molecule has 1 fully saturated rings. The maximum Gasteiger partial charge on any atom is 0.163 e. The van der Waals surface area contributed by atoms with Crippen LogP contribution in [0.1, 0.15) is 70.6 Å². The molecule has 0 saturated heterocycles. The van der Waals surface area contributed by atoms with E-state index in [0.29, 0.717) is 6.42 Å². The molecule has 1 unspecified atom stereocenters. The number of rotatable bonds is 3. The van der Waals surface area contributed by atoms with Gasteiger partial charge < -0.3 is 10.1 Å². The highest BCUT2D eigenvalue weighted by atomic mass is 16.3. The predicted molar refractivity (Wildman–Crippen MR) is 120 cm³/mol. The fourth-order valence-electron chi connectivity index (χ4n) is 5.61. The molecule has 1 aromatic heterocycles. The first kappa shape index (κ1) is 21.5. The standard InChI is InChI=1S/C26H31NO4/c1-14-21(15-8-6-7-9-16(15)27-14)24(22-17(28)10-25(2,3)11-18(22)29)23-19(30)12-26(4,5)13-20(23)31/h6-9,22,24,27,30H,10-13H2,1-5H3. The minimum atomic E-state index is -0.951. The van der Waals surface area contributed by atoms with Crippen molar-refractivity contribution in [1.82, 2.24) is 4.98 Å². The number of hydrogen-bond donors (Lipinski definition) is 2. The molecule has 2 aromatic rings. The lowest BCUT2D eigenvalue weighted by molar-refractivity contribution is -0.140. The van der Waals surface area contributed by atoms with E-state index in [0.717, 1.165) is 22.2 Å². The average Bonchev–Trinajstić information content (AvgIpc) is 2.92. The van der Waals surface area contributed by atoms with Crippen LogP contribution >= 0.6 is 0 Å². The van der Waals surface area contributed by atoms with Gasteiger partial charge >= 0.3 is 0 Å². The smallest absolute Gasteiger partial charge is 0.163 e. The summed E-state index contributed by atoms with van der Waals surface area (Å²) in [6, 6.07) is 7.71. The Morgan fingerprint density at radius 3 is 2.13 bits per heavy atom. The summed E-state index contributed by atoms with van der Waals surface area (Å²) >= 11 is 0. The maximum atomic E-state index is 13.3. The van der Waals surface area contributed by atoms with Crippen LogP contribution < -0.4 is 0 Å². The molecule has 1 saturated carbocycles. The Hall–Kier alpha value is -2.69. The number of aromatic amines is 1. The number of carbonyl (C=O) groups excluding carboxylic acids is 3. The lowest BCUT2D eigenvalue weighted by atomic mass is 9.62. The van der Waals surface area contributed by atoms with Gasteiger partial charge in [0.1, 0.15) is 17.3 Å². The number of benzene rings is 1. The van der Waals surface area contributed by atoms with Crippen molar-refractivity contribution in [2.75, 3.05) is 0 Å². The topological polar surface area (TPSA) is 87.2 Å². The average molecular weight is 422 g/mol. The van der Waals surface area contributed by atoms with E-state index in [1.165, 1.54) is 0 Å². The molecule has 5 nitrogen and oxygen atoms in total. The fraction of sp³-hybridized carbons (Fsp3) is 0.500. The minimum absolute atomic E-state index is 0.0152. The Bertz CT molecular complexity index is 1110. The second kappa shape index (κ2) is 7.18. The molecule has 0 bridgehead atoms. The van der Waals surface area contributed by atoms with Crippen LogP contribution in [0.5, 0.6) is 0 Å². The molecule has 31 heavy (non-hydrogen) atoms. The van der Waals surface area contributed by atoms with Crippen molar-refractivity contribution in [3.63, 3.8) is 0 Å². The third-order valence-corrected chi connectivity index (χ3v) is 6.79. The van der Waals surface area contributed by atoms with Crippen molar-refractivity contribution < 1.29 is 19.5 Å². The second-order valence-corrected chi connectivity index (χ2v) is 10.9. The van der Waals surface area contributed by atoms with Gasteiger partial charge in [0.15, 0.2) is 5.78 Å². The second-order valence-electron chi connectivity index (χ2n) is 10.9. The van der Waals surface area contributed by atoms with Crippen molar-refractivity contribution in [1.29, 1.82) is 0 Å². The lowest BCUT2D eigenvalue weighted by Crippen LogP contribution is -2.43. The highest BCUT2D eigenvalue weighted by Crippen LogP contribution is 2.49. The number of fused-ring (bicyclic) bond motifs is 1. The van der Waals surface area contributed by atoms with Crippen LogP contribution in [0.25, 0.3) is 10.9 Å². The molecule has 4 rings (SSSR count). The number of para-hydroxylation sites is 1. The Labute approximate surface area is 182 Å². The molecule has 1 aromatic carbocycles. The summed E-state index contributed by atoms with van der Waals surface area (Å²) in [7, 11) is 0. The molecule has 5 heteroatoms. The Balaban J connectivity index is 1.97. The highest BCUT2D eigenvalue weighted by Gasteiger charge is 2.49. The van der Waals surface area contributed by atoms with Crippen molar-refractivity contribution in [2.24, 2.45) is 16.7 Å². The van der Waals surface area contributed by atoms with Crippen LogP contribution in [-0.4, -0.2) is 27.4 Å². The van der Waals surface area contributed by atoms with E-state index < -0.39 is 11.8 Å². The Kier molecular flexibility index (Phi) is 4.99. The van der Waals surface area contributed by atoms with Gasteiger partial charge in [0.05, 0.1) is 5.92 Å². The van der Waals surface area contributed by atoms with Crippen molar-refractivity contribution in [2.45, 2.75) is 66.2 Å². The predicted octanol–water partition coefficient (Wildman–Crippen LogP) is 5.34. The van der Waals surface area contributed by atoms with E-state index in [9.17, 15) is 19.5 Å². The number of carbonyl (C=O) groups is 3. The number of aliphatic hydroxyl groups is 1. The zero-order valence-corrected chi connectivity index (χ0v) is 19.0. The Morgan fingerprint density at radius 1 is 0.935 bits per heavy atom. The Morgan fingerprint density at radius 2 is 1.52 bits per heavy atom. The summed E-state index contributed by atoms with van der Waals surface area (Å²) in [6.45, 7) is 9.65. The summed E-state index contributed by atoms with van der Waals surface area (Å²) in [6.07, 6.45) is 1.21. The molecule has 0 amide bonds. The molecule has 0 aliphatic heterocycles. The third-order valence-electron chi connectivity index (χ3n) is 6.79. The van der Waals surface area contributed by atoms with E-state index >= 15 is 0 Å². The summed E-state index contributed by atoms with van der Waals surface area (Å²) in [5, 5.41) is 11.9. The molecule has 1 heterocycles. The van der Waals surface area contributed by atoms with E-state index in [-0.39, 0.29) is 58.8 Å². The number of Topliss-reactive ketones (excluding diaryl/α,β-unsaturated/α-hetero) is 3. The first-order valence-electron chi connectivity index (χ1n) is 11.0. The number of ketones is 3. The van der Waals surface area contributed by atoms with E-state index in [1.54, 1.807) is 0 Å². The van der Waals surface area contributed by atoms with E-state index in [1.807, 2.05) is 58.9 Å². The highest BCUT2D eigenvalue weighted by molar-refractivity contribution is 6.10. The summed E-state index contributed by atoms with van der Waals surface area (Å²) in [4.78, 5) is 43.4. The zero-order valence-electron chi connectivity index (χ0n) is 19.0. The molecule has 2 aliphatic carbocycles. The fourth-order valence-corrected chi connectivity index (χ4v) is 5.61. The molecule has 0 spiro atoms. The van der Waals surface area contributed by atoms with Gasteiger partial charge in [-0.05, 0) is 29.4 Å². The lowest BCUT2D eigenvalue weighted by Gasteiger charge is -2.39. The van der Waals surface area contributed by atoms with Crippen molar-refractivity contribution >= 4 is 28.3 Å². The number of H-pyrrole nitrogens is 1. The van der Waals surface area contributed by atoms with Crippen LogP contribution in [0.2, 0.25) is 0 Å². The minimum Gasteiger partial charge on any atom is -0.512 e. The van der Waals surface area contributed by atoms with Gasteiger partial charge in [-0.3, -0.25) is 14.4 Å². The summed E-state index contributed by atoms with van der Waals surface area (Å²) < 4.78 is 0. The maximum absolute atomic E-state index is 13.3. The van der Waals surface area contributed by atoms with Gasteiger partial charge in [0.2, 0.25) is 0 Å². The summed E-state index contributed by atoms with van der Waals surface area (Å²) in [5.41, 5.74) is 1.98. The van der Waals surface area contributed by atoms with Gasteiger partial charge in [-0.15, -0.1) is 0 Å². The quantitative estimate of drug-likeness (QED) is 0.655. The van der Waals surface area contributed by atoms with Gasteiger partial charge in [-0.2, -0.15) is 0 Å².